The molecule has 1 amide bonds. The summed E-state index contributed by atoms with van der Waals surface area (Å²) in [6, 6.07) is 7.60. The van der Waals surface area contributed by atoms with Crippen LogP contribution in [0, 0.1) is 5.92 Å². The highest BCUT2D eigenvalue weighted by Crippen LogP contribution is 2.36. The molecule has 6 rings (SSSR count). The maximum atomic E-state index is 13.3. The predicted molar refractivity (Wildman–Crippen MR) is 115 cm³/mol. The van der Waals surface area contributed by atoms with Crippen LogP contribution in [-0.4, -0.2) is 47.4 Å². The Morgan fingerprint density at radius 1 is 1.03 bits per heavy atom. The number of amides is 1. The second-order valence-electron chi connectivity index (χ2n) is 8.57. The normalized spacial score (nSPS) is 20.1. The molecule has 2 aliphatic rings. The Kier molecular flexibility index (Phi) is 3.89. The zero-order valence-electron chi connectivity index (χ0n) is 17.2. The average molecular weight is 414 g/mol. The second kappa shape index (κ2) is 6.66. The number of nitrogens with zero attached hydrogens (tertiary/aromatic N) is 6. The van der Waals surface area contributed by atoms with Gasteiger partial charge in [-0.05, 0) is 36.6 Å². The molecule has 6 heterocycles. The van der Waals surface area contributed by atoms with Gasteiger partial charge in [-0.15, -0.1) is 0 Å². The number of aryl methyl sites for hydroxylation is 1. The number of carbonyl (C=O) groups is 1. The molecule has 0 N–H and O–H groups in total. The Labute approximate surface area is 178 Å². The summed E-state index contributed by atoms with van der Waals surface area (Å²) >= 11 is 0. The maximum absolute atomic E-state index is 13.3. The van der Waals surface area contributed by atoms with E-state index in [2.05, 4.69) is 9.97 Å². The van der Waals surface area contributed by atoms with Gasteiger partial charge in [0.25, 0.3) is 11.5 Å². The minimum Gasteiger partial charge on any atom is -0.338 e. The fourth-order valence-corrected chi connectivity index (χ4v) is 5.13. The van der Waals surface area contributed by atoms with Crippen LogP contribution in [0.5, 0.6) is 0 Å². The van der Waals surface area contributed by atoms with Gasteiger partial charge in [0.2, 0.25) is 0 Å². The minimum absolute atomic E-state index is 0.00559. The minimum atomic E-state index is 0.00559. The molecule has 8 nitrogen and oxygen atoms in total. The van der Waals surface area contributed by atoms with Crippen molar-refractivity contribution in [2.45, 2.75) is 18.9 Å². The van der Waals surface area contributed by atoms with E-state index in [1.54, 1.807) is 12.4 Å². The van der Waals surface area contributed by atoms with E-state index in [1.807, 2.05) is 68.3 Å². The summed E-state index contributed by atoms with van der Waals surface area (Å²) in [5.74, 6) is 1.14. The van der Waals surface area contributed by atoms with E-state index in [0.29, 0.717) is 36.6 Å². The largest absolute Gasteiger partial charge is 0.338 e. The van der Waals surface area contributed by atoms with Crippen molar-refractivity contribution < 1.29 is 4.79 Å². The van der Waals surface area contributed by atoms with Crippen molar-refractivity contribution in [3.05, 3.63) is 76.9 Å². The number of likely N-dealkylation sites (tertiary alicyclic amines) is 1. The number of fused-ring (bicyclic) bond motifs is 5. The topological polar surface area (TPSA) is 77.4 Å². The third-order valence-corrected chi connectivity index (χ3v) is 6.60. The number of hydrogen-bond acceptors (Lipinski definition) is 4. The zero-order chi connectivity index (χ0) is 21.1. The van der Waals surface area contributed by atoms with Crippen LogP contribution in [-0.2, 0) is 13.6 Å². The summed E-state index contributed by atoms with van der Waals surface area (Å²) in [5, 5.41) is 0. The first-order chi connectivity index (χ1) is 15.1. The summed E-state index contributed by atoms with van der Waals surface area (Å²) in [6.07, 6.45) is 10.0. The van der Waals surface area contributed by atoms with Crippen LogP contribution in [0.15, 0.2) is 60.0 Å². The van der Waals surface area contributed by atoms with Gasteiger partial charge >= 0.3 is 0 Å². The zero-order valence-corrected chi connectivity index (χ0v) is 17.2. The molecule has 4 aromatic heterocycles. The van der Waals surface area contributed by atoms with Crippen LogP contribution in [0.3, 0.4) is 0 Å². The predicted octanol–water partition coefficient (Wildman–Crippen LogP) is 2.16. The van der Waals surface area contributed by atoms with Crippen molar-refractivity contribution in [2.24, 2.45) is 13.0 Å². The summed E-state index contributed by atoms with van der Waals surface area (Å²) in [6.45, 7) is 1.91. The molecule has 0 aromatic carbocycles. The molecule has 0 radical (unpaired) electrons. The molecular weight excluding hydrogens is 392 g/mol. The lowest BCUT2D eigenvalue weighted by Crippen LogP contribution is -2.49. The molecule has 0 spiro atoms. The first-order valence-corrected chi connectivity index (χ1v) is 10.5. The summed E-state index contributed by atoms with van der Waals surface area (Å²) in [5.41, 5.74) is 3.06. The molecule has 2 aliphatic heterocycles. The van der Waals surface area contributed by atoms with Crippen molar-refractivity contribution >= 4 is 11.6 Å². The molecule has 8 heteroatoms. The smallest absolute Gasteiger partial charge is 0.261 e. The van der Waals surface area contributed by atoms with Crippen LogP contribution in [0.25, 0.3) is 17.0 Å². The number of aromatic nitrogens is 5. The third-order valence-electron chi connectivity index (χ3n) is 6.60. The van der Waals surface area contributed by atoms with Gasteiger partial charge in [0.1, 0.15) is 11.5 Å². The van der Waals surface area contributed by atoms with Crippen LogP contribution in [0.4, 0.5) is 0 Å². The van der Waals surface area contributed by atoms with E-state index in [0.717, 1.165) is 17.8 Å². The van der Waals surface area contributed by atoms with Crippen molar-refractivity contribution in [1.82, 2.24) is 28.4 Å². The quantitative estimate of drug-likeness (QED) is 0.504. The van der Waals surface area contributed by atoms with Gasteiger partial charge in [0, 0.05) is 74.8 Å². The van der Waals surface area contributed by atoms with Gasteiger partial charge < -0.3 is 18.4 Å². The van der Waals surface area contributed by atoms with Gasteiger partial charge in [0.15, 0.2) is 0 Å². The SMILES string of the molecule is Cn1ccnc1-c1ccc2n(c1=O)C[C@H]1C[C@@H]2CN(C(=O)c2ccn3ccnc3c2)C1. The van der Waals surface area contributed by atoms with Gasteiger partial charge in [-0.25, -0.2) is 9.97 Å². The van der Waals surface area contributed by atoms with Crippen LogP contribution in [0.2, 0.25) is 0 Å². The molecule has 1 fully saturated rings. The number of pyridine rings is 2. The van der Waals surface area contributed by atoms with Crippen molar-refractivity contribution in [1.29, 1.82) is 0 Å². The number of rotatable bonds is 2. The summed E-state index contributed by atoms with van der Waals surface area (Å²) < 4.78 is 5.66. The fraction of sp³-hybridized carbons (Fsp3) is 0.304. The lowest BCUT2D eigenvalue weighted by Gasteiger charge is -2.43. The van der Waals surface area contributed by atoms with Crippen molar-refractivity contribution in [3.63, 3.8) is 0 Å². The molecule has 0 aliphatic carbocycles. The first kappa shape index (κ1) is 18.1. The van der Waals surface area contributed by atoms with E-state index in [9.17, 15) is 9.59 Å². The van der Waals surface area contributed by atoms with E-state index in [1.165, 1.54) is 0 Å². The van der Waals surface area contributed by atoms with Gasteiger partial charge in [0.05, 0.1) is 5.56 Å². The number of piperidine rings is 1. The van der Waals surface area contributed by atoms with E-state index in [4.69, 9.17) is 0 Å². The van der Waals surface area contributed by atoms with Crippen LogP contribution < -0.4 is 5.56 Å². The average Bonchev–Trinajstić information content (AvgIpc) is 3.42. The Morgan fingerprint density at radius 3 is 2.74 bits per heavy atom. The van der Waals surface area contributed by atoms with E-state index >= 15 is 0 Å². The number of hydrogen-bond donors (Lipinski definition) is 0. The highest BCUT2D eigenvalue weighted by atomic mass is 16.2. The Hall–Kier alpha value is -3.68. The lowest BCUT2D eigenvalue weighted by atomic mass is 9.82. The number of imidazole rings is 2. The molecular formula is C23H22N6O2. The van der Waals surface area contributed by atoms with Crippen molar-refractivity contribution in [2.75, 3.05) is 13.1 Å². The molecule has 2 bridgehead atoms. The number of carbonyl (C=O) groups excluding carboxylic acids is 1. The van der Waals surface area contributed by atoms with E-state index in [-0.39, 0.29) is 23.3 Å². The summed E-state index contributed by atoms with van der Waals surface area (Å²) in [7, 11) is 1.89. The monoisotopic (exact) mass is 414 g/mol. The first-order valence-electron chi connectivity index (χ1n) is 10.5. The molecule has 156 valence electrons. The van der Waals surface area contributed by atoms with Gasteiger partial charge in [-0.2, -0.15) is 0 Å². The highest BCUT2D eigenvalue weighted by molar-refractivity contribution is 5.95. The Bertz CT molecular complexity index is 1380. The van der Waals surface area contributed by atoms with Crippen LogP contribution in [0.1, 0.15) is 28.4 Å². The van der Waals surface area contributed by atoms with Gasteiger partial charge in [-0.1, -0.05) is 0 Å². The second-order valence-corrected chi connectivity index (χ2v) is 8.57. The fourth-order valence-electron chi connectivity index (χ4n) is 5.13. The summed E-state index contributed by atoms with van der Waals surface area (Å²) in [4.78, 5) is 37.1. The molecule has 0 saturated carbocycles. The third kappa shape index (κ3) is 2.82. The van der Waals surface area contributed by atoms with Crippen LogP contribution >= 0.6 is 0 Å². The maximum Gasteiger partial charge on any atom is 0.261 e. The molecule has 0 unspecified atom stereocenters. The van der Waals surface area contributed by atoms with Crippen molar-refractivity contribution in [3.8, 4) is 11.4 Å². The van der Waals surface area contributed by atoms with Gasteiger partial charge in [-0.3, -0.25) is 9.59 Å². The molecule has 2 atom stereocenters. The Morgan fingerprint density at radius 2 is 1.90 bits per heavy atom. The highest BCUT2D eigenvalue weighted by Gasteiger charge is 2.37. The molecule has 1 saturated heterocycles. The standard InChI is InChI=1S/C23H22N6O2/c1-26-8-5-25-21(26)18-2-3-19-17-10-15(13-29(19)23(18)31)12-28(14-17)22(30)16-4-7-27-9-6-24-20(27)11-16/h2-9,11,15,17H,10,12-14H2,1H3/t15-,17+/m0/s1. The Balaban J connectivity index is 1.32. The van der Waals surface area contributed by atoms with E-state index < -0.39 is 0 Å². The molecule has 31 heavy (non-hydrogen) atoms. The molecule has 4 aromatic rings. The lowest BCUT2D eigenvalue weighted by molar-refractivity contribution is 0.0594.